The molecule has 2 aliphatic carbocycles. The Bertz CT molecular complexity index is 1310. The van der Waals surface area contributed by atoms with Gasteiger partial charge in [0.1, 0.15) is 5.49 Å². The highest BCUT2D eigenvalue weighted by Gasteiger charge is 2.24. The molecule has 2 heterocycles. The molecule has 0 aromatic carbocycles. The van der Waals surface area contributed by atoms with Crippen LogP contribution in [0.4, 0.5) is 5.69 Å². The van der Waals surface area contributed by atoms with Crippen LogP contribution in [0.1, 0.15) is 87.5 Å². The quantitative estimate of drug-likeness (QED) is 0.359. The van der Waals surface area contributed by atoms with Crippen molar-refractivity contribution in [2.75, 3.05) is 18.0 Å². The molecule has 0 amide bonds. The Hall–Kier alpha value is -2.85. The summed E-state index contributed by atoms with van der Waals surface area (Å²) in [5.74, 6) is 0.948. The Morgan fingerprint density at radius 3 is 2.42 bits per heavy atom. The van der Waals surface area contributed by atoms with Crippen molar-refractivity contribution in [2.45, 2.75) is 99.6 Å². The van der Waals surface area contributed by atoms with Gasteiger partial charge in [0.25, 0.3) is 0 Å². The molecule has 4 rings (SSSR count). The molecule has 1 aromatic rings. The van der Waals surface area contributed by atoms with Gasteiger partial charge in [-0.3, -0.25) is 0 Å². The van der Waals surface area contributed by atoms with Crippen LogP contribution in [0.3, 0.4) is 0 Å². The van der Waals surface area contributed by atoms with E-state index in [9.17, 15) is 0 Å². The van der Waals surface area contributed by atoms with E-state index in [0.29, 0.717) is 23.9 Å². The largest absolute Gasteiger partial charge is 0.367 e. The molecule has 4 atom stereocenters. The minimum atomic E-state index is 0.379. The van der Waals surface area contributed by atoms with Crippen LogP contribution in [0.5, 0.6) is 0 Å². The highest BCUT2D eigenvalue weighted by atomic mass is 15.2. The Balaban J connectivity index is 1.77. The number of pyridine rings is 1. The Morgan fingerprint density at radius 2 is 1.85 bits per heavy atom. The van der Waals surface area contributed by atoms with Crippen molar-refractivity contribution in [3.8, 4) is 0 Å². The maximum Gasteiger partial charge on any atom is 0.137 e. The van der Waals surface area contributed by atoms with Crippen LogP contribution in [-0.4, -0.2) is 29.7 Å². The van der Waals surface area contributed by atoms with Gasteiger partial charge >= 0.3 is 0 Å². The number of anilines is 1. The standard InChI is InChI=1S/C36H52N4/c1-10-25(5)26(6)17-31-19-34(27(7)18-33(31)24(3)4)35(11-2)38-36-16-15-32(23-40(36)22-30-13-12-14-30)39-20-28(8)37-29(9)21-39/h11,15-17,19,22-23,25,27-29,37H,3,10,12-14,18,20-21H2,1-2,4-9H3/b26-17-,35-11-,38-36?/t25?,27?,28-,29?/m0/s1. The van der Waals surface area contributed by atoms with Crippen molar-refractivity contribution in [3.05, 3.63) is 87.8 Å². The highest BCUT2D eigenvalue weighted by molar-refractivity contribution is 5.54. The lowest BCUT2D eigenvalue weighted by Gasteiger charge is -2.37. The Labute approximate surface area is 243 Å². The van der Waals surface area contributed by atoms with Gasteiger partial charge in [-0.1, -0.05) is 56.2 Å². The summed E-state index contributed by atoms with van der Waals surface area (Å²) in [5.41, 5.74) is 11.4. The number of aromatic nitrogens is 1. The third-order valence-corrected chi connectivity index (χ3v) is 8.97. The molecule has 0 bridgehead atoms. The zero-order valence-electron chi connectivity index (χ0n) is 26.3. The first-order valence-corrected chi connectivity index (χ1v) is 15.5. The van der Waals surface area contributed by atoms with E-state index in [1.54, 1.807) is 0 Å². The van der Waals surface area contributed by atoms with E-state index < -0.39 is 0 Å². The van der Waals surface area contributed by atoms with Crippen LogP contribution in [-0.2, 0) is 0 Å². The number of piperazine rings is 1. The van der Waals surface area contributed by atoms with Crippen LogP contribution in [0, 0.1) is 11.8 Å². The number of allylic oxidation sites excluding steroid dienone is 9. The molecule has 3 aliphatic rings. The number of hydrogen-bond acceptors (Lipinski definition) is 3. The van der Waals surface area contributed by atoms with Crippen molar-refractivity contribution < 1.29 is 0 Å². The first-order chi connectivity index (χ1) is 19.1. The number of nitrogens with zero attached hydrogens (tertiary/aromatic N) is 3. The lowest BCUT2D eigenvalue weighted by molar-refractivity contribution is 0.406. The van der Waals surface area contributed by atoms with E-state index in [0.717, 1.165) is 37.1 Å². The second kappa shape index (κ2) is 13.2. The average Bonchev–Trinajstić information content (AvgIpc) is 2.89. The van der Waals surface area contributed by atoms with Crippen LogP contribution < -0.4 is 15.7 Å². The zero-order chi connectivity index (χ0) is 29.0. The molecule has 1 aromatic heterocycles. The van der Waals surface area contributed by atoms with Crippen LogP contribution >= 0.6 is 0 Å². The molecular formula is C36H52N4. The first kappa shape index (κ1) is 30.1. The molecule has 0 radical (unpaired) electrons. The van der Waals surface area contributed by atoms with E-state index in [-0.39, 0.29) is 0 Å². The summed E-state index contributed by atoms with van der Waals surface area (Å²) in [5, 5.41) is 3.66. The van der Waals surface area contributed by atoms with Gasteiger partial charge in [0.2, 0.25) is 0 Å². The molecule has 1 N–H and O–H groups in total. The second-order valence-corrected chi connectivity index (χ2v) is 12.6. The topological polar surface area (TPSA) is 32.6 Å². The molecule has 4 heteroatoms. The summed E-state index contributed by atoms with van der Waals surface area (Å²) in [6, 6.07) is 5.42. The van der Waals surface area contributed by atoms with E-state index in [1.165, 1.54) is 58.4 Å². The van der Waals surface area contributed by atoms with Crippen molar-refractivity contribution in [2.24, 2.45) is 16.8 Å². The van der Waals surface area contributed by atoms with E-state index >= 15 is 0 Å². The first-order valence-electron chi connectivity index (χ1n) is 15.5. The van der Waals surface area contributed by atoms with Crippen molar-refractivity contribution in [3.63, 3.8) is 0 Å². The second-order valence-electron chi connectivity index (χ2n) is 12.6. The summed E-state index contributed by atoms with van der Waals surface area (Å²) < 4.78 is 2.28. The molecule has 4 nitrogen and oxygen atoms in total. The zero-order valence-corrected chi connectivity index (χ0v) is 26.3. The molecule has 216 valence electrons. The van der Waals surface area contributed by atoms with Crippen LogP contribution in [0.2, 0.25) is 0 Å². The number of nitrogens with one attached hydrogen (secondary N) is 1. The fourth-order valence-electron chi connectivity index (χ4n) is 6.06. The normalized spacial score (nSPS) is 25.6. The van der Waals surface area contributed by atoms with Crippen molar-refractivity contribution >= 4 is 11.9 Å². The summed E-state index contributed by atoms with van der Waals surface area (Å²) in [7, 11) is 0. The van der Waals surface area contributed by atoms with Gasteiger partial charge in [0.15, 0.2) is 0 Å². The lowest BCUT2D eigenvalue weighted by Crippen LogP contribution is -2.54. The average molecular weight is 541 g/mol. The summed E-state index contributed by atoms with van der Waals surface area (Å²) >= 11 is 0. The highest BCUT2D eigenvalue weighted by Crippen LogP contribution is 2.37. The third-order valence-electron chi connectivity index (χ3n) is 8.97. The van der Waals surface area contributed by atoms with E-state index in [2.05, 4.69) is 120 Å². The maximum atomic E-state index is 5.33. The summed E-state index contributed by atoms with van der Waals surface area (Å²) in [6.45, 7) is 24.4. The molecule has 1 saturated heterocycles. The molecule has 1 saturated carbocycles. The monoisotopic (exact) mass is 540 g/mol. The maximum absolute atomic E-state index is 5.33. The lowest BCUT2D eigenvalue weighted by atomic mass is 9.80. The fourth-order valence-corrected chi connectivity index (χ4v) is 6.06. The van der Waals surface area contributed by atoms with Crippen LogP contribution in [0.15, 0.2) is 87.3 Å². The summed E-state index contributed by atoms with van der Waals surface area (Å²) in [4.78, 5) is 7.84. The van der Waals surface area contributed by atoms with Crippen LogP contribution in [0.25, 0.3) is 6.20 Å². The Morgan fingerprint density at radius 1 is 1.15 bits per heavy atom. The Kier molecular flexibility index (Phi) is 9.94. The van der Waals surface area contributed by atoms with Gasteiger partial charge in [0, 0.05) is 37.6 Å². The predicted octanol–water partition coefficient (Wildman–Crippen LogP) is 8.34. The third kappa shape index (κ3) is 7.07. The number of hydrogen-bond donors (Lipinski definition) is 1. The van der Waals surface area contributed by atoms with E-state index in [4.69, 9.17) is 4.99 Å². The van der Waals surface area contributed by atoms with Gasteiger partial charge < -0.3 is 14.8 Å². The van der Waals surface area contributed by atoms with Crippen molar-refractivity contribution in [1.82, 2.24) is 9.88 Å². The van der Waals surface area contributed by atoms with Gasteiger partial charge in [0.05, 0.1) is 11.4 Å². The number of rotatable bonds is 8. The minimum Gasteiger partial charge on any atom is -0.367 e. The SMILES string of the molecule is C=C(C)C1=C(/C=C(/C)C(C)CC)C=C(/C(=C/C)N=c2ccc(N3CC(C)N[C@@H](C)C3)cn2C=C2CCC2)C(C)C1. The van der Waals surface area contributed by atoms with Gasteiger partial charge in [-0.25, -0.2) is 4.99 Å². The van der Waals surface area contributed by atoms with Gasteiger partial charge in [-0.2, -0.15) is 0 Å². The molecular weight excluding hydrogens is 488 g/mol. The molecule has 1 aliphatic heterocycles. The molecule has 40 heavy (non-hydrogen) atoms. The smallest absolute Gasteiger partial charge is 0.137 e. The minimum absolute atomic E-state index is 0.379. The summed E-state index contributed by atoms with van der Waals surface area (Å²) in [6.07, 6.45) is 17.4. The molecule has 0 spiro atoms. The predicted molar refractivity (Wildman–Crippen MR) is 173 cm³/mol. The van der Waals surface area contributed by atoms with Gasteiger partial charge in [-0.15, -0.1) is 0 Å². The molecule has 3 unspecified atom stereocenters. The van der Waals surface area contributed by atoms with Crippen molar-refractivity contribution in [1.29, 1.82) is 0 Å². The van der Waals surface area contributed by atoms with E-state index in [1.807, 2.05) is 0 Å². The molecule has 2 fully saturated rings. The van der Waals surface area contributed by atoms with Gasteiger partial charge in [-0.05, 0) is 113 Å². The fraction of sp³-hybridized carbons (Fsp3) is 0.528.